The minimum Gasteiger partial charge on any atom is -0.375 e. The summed E-state index contributed by atoms with van der Waals surface area (Å²) in [5.41, 5.74) is -0.944. The van der Waals surface area contributed by atoms with Crippen molar-refractivity contribution in [2.75, 3.05) is 13.2 Å². The van der Waals surface area contributed by atoms with Gasteiger partial charge in [0.05, 0.1) is 19.3 Å². The van der Waals surface area contributed by atoms with Gasteiger partial charge >= 0.3 is 0 Å². The van der Waals surface area contributed by atoms with Crippen LogP contribution in [0.15, 0.2) is 0 Å². The highest BCUT2D eigenvalue weighted by atomic mass is 16.7. The molecule has 1 spiro atoms. The average Bonchev–Trinajstić information content (AvgIpc) is 3.19. The van der Waals surface area contributed by atoms with Gasteiger partial charge in [-0.25, -0.2) is 0 Å². The van der Waals surface area contributed by atoms with Gasteiger partial charge in [0.2, 0.25) is 0 Å². The zero-order valence-corrected chi connectivity index (χ0v) is 16.3. The largest absolute Gasteiger partial charge is 0.375 e. The summed E-state index contributed by atoms with van der Waals surface area (Å²) in [7, 11) is 0. The van der Waals surface area contributed by atoms with Gasteiger partial charge in [0.25, 0.3) is 0 Å². The summed E-state index contributed by atoms with van der Waals surface area (Å²) in [6.45, 7) is 6.24. The smallest absolute Gasteiger partial charge is 0.168 e. The molecule has 4 nitrogen and oxygen atoms in total. The van der Waals surface area contributed by atoms with Crippen molar-refractivity contribution in [3.8, 4) is 6.07 Å². The summed E-state index contributed by atoms with van der Waals surface area (Å²) in [5, 5.41) is 20.6. The van der Waals surface area contributed by atoms with E-state index in [-0.39, 0.29) is 11.2 Å². The zero-order chi connectivity index (χ0) is 18.2. The molecule has 4 saturated carbocycles. The van der Waals surface area contributed by atoms with Gasteiger partial charge in [-0.2, -0.15) is 5.26 Å². The molecule has 5 fully saturated rings. The lowest BCUT2D eigenvalue weighted by Gasteiger charge is -2.62. The maximum absolute atomic E-state index is 11.0. The van der Waals surface area contributed by atoms with E-state index in [4.69, 9.17) is 9.47 Å². The van der Waals surface area contributed by atoms with Crippen LogP contribution in [0.2, 0.25) is 0 Å². The Morgan fingerprint density at radius 2 is 1.65 bits per heavy atom. The van der Waals surface area contributed by atoms with Crippen LogP contribution in [-0.2, 0) is 9.47 Å². The lowest BCUT2D eigenvalue weighted by Crippen LogP contribution is -2.58. The first kappa shape index (κ1) is 17.5. The van der Waals surface area contributed by atoms with Crippen molar-refractivity contribution in [3.63, 3.8) is 0 Å². The average molecular weight is 360 g/mol. The Bertz CT molecular complexity index is 638. The molecular formula is C22H33NO3. The molecule has 0 aromatic rings. The topological polar surface area (TPSA) is 62.5 Å². The van der Waals surface area contributed by atoms with Gasteiger partial charge in [0.15, 0.2) is 11.4 Å². The van der Waals surface area contributed by atoms with Crippen molar-refractivity contribution in [1.29, 1.82) is 5.26 Å². The lowest BCUT2D eigenvalue weighted by atomic mass is 9.44. The fraction of sp³-hybridized carbons (Fsp3) is 0.955. The molecule has 0 radical (unpaired) electrons. The molecule has 144 valence electrons. The molecule has 7 atom stereocenters. The molecule has 4 aliphatic carbocycles. The zero-order valence-electron chi connectivity index (χ0n) is 16.3. The Hall–Kier alpha value is -0.630. The number of rotatable bonds is 0. The molecule has 1 heterocycles. The van der Waals surface area contributed by atoms with E-state index in [9.17, 15) is 10.4 Å². The number of fused-ring (bicyclic) bond motifs is 5. The second-order valence-electron chi connectivity index (χ2n) is 10.4. The first-order chi connectivity index (χ1) is 12.4. The maximum Gasteiger partial charge on any atom is 0.168 e. The summed E-state index contributed by atoms with van der Waals surface area (Å²) in [5.74, 6) is 2.33. The number of hydrogen-bond acceptors (Lipinski definition) is 4. The van der Waals surface area contributed by atoms with Crippen molar-refractivity contribution in [2.24, 2.45) is 34.5 Å². The molecule has 5 rings (SSSR count). The lowest BCUT2D eigenvalue weighted by molar-refractivity contribution is -0.231. The Morgan fingerprint density at radius 3 is 2.38 bits per heavy atom. The normalized spacial score (nSPS) is 55.0. The third-order valence-corrected chi connectivity index (χ3v) is 9.82. The first-order valence-corrected chi connectivity index (χ1v) is 10.8. The SMILES string of the molecule is C[C@]12CCC3(C[C@H]1CC[C@@H]1[C@@H]2CC[C@@]2(C)[C@H]1CC[C@]2(O)C#N)OCCO3. The molecular weight excluding hydrogens is 326 g/mol. The minimum atomic E-state index is -1.11. The molecule has 5 aliphatic rings. The van der Waals surface area contributed by atoms with Crippen molar-refractivity contribution in [3.05, 3.63) is 0 Å². The molecule has 1 saturated heterocycles. The van der Waals surface area contributed by atoms with Gasteiger partial charge in [-0.3, -0.25) is 0 Å². The fourth-order valence-electron chi connectivity index (χ4n) is 8.16. The molecule has 1 N–H and O–H groups in total. The summed E-state index contributed by atoms with van der Waals surface area (Å²) < 4.78 is 12.1. The fourth-order valence-corrected chi connectivity index (χ4v) is 8.16. The van der Waals surface area contributed by atoms with Crippen LogP contribution in [-0.4, -0.2) is 29.7 Å². The molecule has 1 aliphatic heterocycles. The van der Waals surface area contributed by atoms with Crippen molar-refractivity contribution in [1.82, 2.24) is 0 Å². The third kappa shape index (κ3) is 2.06. The predicted molar refractivity (Wildman–Crippen MR) is 96.9 cm³/mol. The van der Waals surface area contributed by atoms with Gasteiger partial charge in [-0.05, 0) is 74.0 Å². The van der Waals surface area contributed by atoms with Crippen LogP contribution < -0.4 is 0 Å². The Kier molecular flexibility index (Phi) is 3.67. The Labute approximate surface area is 157 Å². The second-order valence-corrected chi connectivity index (χ2v) is 10.4. The highest BCUT2D eigenvalue weighted by Crippen LogP contribution is 2.69. The highest BCUT2D eigenvalue weighted by molar-refractivity contribution is 5.21. The molecule has 4 heteroatoms. The van der Waals surface area contributed by atoms with Gasteiger partial charge in [0.1, 0.15) is 0 Å². The number of nitrogens with zero attached hydrogens (tertiary/aromatic N) is 1. The highest BCUT2D eigenvalue weighted by Gasteiger charge is 2.66. The summed E-state index contributed by atoms with van der Waals surface area (Å²) >= 11 is 0. The first-order valence-electron chi connectivity index (χ1n) is 10.8. The number of aliphatic hydroxyl groups is 1. The van der Waals surface area contributed by atoms with Gasteiger partial charge in [-0.15, -0.1) is 0 Å². The number of nitriles is 1. The van der Waals surface area contributed by atoms with E-state index in [1.807, 2.05) is 0 Å². The van der Waals surface area contributed by atoms with E-state index in [1.54, 1.807) is 0 Å². The standard InChI is InChI=1S/C22H33NO3/c1-19-9-10-22(25-11-12-26-22)13-15(19)3-4-16-17(19)5-7-20(2)18(16)6-8-21(20,24)14-23/h15-18,24H,3-13H2,1-2H3/t15-,16-,17+,18+,19+,20+,21+/m1/s1. The van der Waals surface area contributed by atoms with Crippen LogP contribution in [0.4, 0.5) is 0 Å². The van der Waals surface area contributed by atoms with Crippen LogP contribution in [0, 0.1) is 45.8 Å². The quantitative estimate of drug-likeness (QED) is 0.663. The van der Waals surface area contributed by atoms with E-state index in [1.165, 1.54) is 25.7 Å². The monoisotopic (exact) mass is 359 g/mol. The van der Waals surface area contributed by atoms with E-state index in [0.717, 1.165) is 44.8 Å². The van der Waals surface area contributed by atoms with Crippen LogP contribution in [0.3, 0.4) is 0 Å². The van der Waals surface area contributed by atoms with Crippen LogP contribution in [0.25, 0.3) is 0 Å². The van der Waals surface area contributed by atoms with Crippen LogP contribution >= 0.6 is 0 Å². The molecule has 0 aromatic carbocycles. The number of ether oxygens (including phenoxy) is 2. The summed E-state index contributed by atoms with van der Waals surface area (Å²) in [6.07, 6.45) is 9.67. The second kappa shape index (κ2) is 5.46. The predicted octanol–water partition coefficient (Wildman–Crippen LogP) is 4.03. The van der Waals surface area contributed by atoms with Crippen LogP contribution in [0.1, 0.15) is 71.6 Å². The van der Waals surface area contributed by atoms with Crippen molar-refractivity contribution >= 4 is 0 Å². The number of hydrogen-bond donors (Lipinski definition) is 1. The molecule has 0 aromatic heterocycles. The van der Waals surface area contributed by atoms with Crippen molar-refractivity contribution in [2.45, 2.75) is 83.0 Å². The van der Waals surface area contributed by atoms with Gasteiger partial charge in [-0.1, -0.05) is 13.8 Å². The maximum atomic E-state index is 11.0. The Balaban J connectivity index is 1.42. The van der Waals surface area contributed by atoms with E-state index >= 15 is 0 Å². The summed E-state index contributed by atoms with van der Waals surface area (Å²) in [4.78, 5) is 0. The Morgan fingerprint density at radius 1 is 0.923 bits per heavy atom. The molecule has 0 unspecified atom stereocenters. The molecule has 26 heavy (non-hydrogen) atoms. The summed E-state index contributed by atoms with van der Waals surface area (Å²) in [6, 6.07) is 2.30. The van der Waals surface area contributed by atoms with E-state index in [2.05, 4.69) is 19.9 Å². The van der Waals surface area contributed by atoms with Crippen molar-refractivity contribution < 1.29 is 14.6 Å². The molecule has 0 amide bonds. The van der Waals surface area contributed by atoms with Gasteiger partial charge in [0, 0.05) is 18.3 Å². The minimum absolute atomic E-state index is 0.209. The van der Waals surface area contributed by atoms with Crippen LogP contribution in [0.5, 0.6) is 0 Å². The van der Waals surface area contributed by atoms with E-state index < -0.39 is 5.60 Å². The van der Waals surface area contributed by atoms with E-state index in [0.29, 0.717) is 29.6 Å². The van der Waals surface area contributed by atoms with Gasteiger partial charge < -0.3 is 14.6 Å². The molecule has 0 bridgehead atoms. The third-order valence-electron chi connectivity index (χ3n) is 9.82.